The molecule has 0 aliphatic rings. The number of aromatic nitrogens is 2. The van der Waals surface area contributed by atoms with Gasteiger partial charge in [-0.1, -0.05) is 0 Å². The van der Waals surface area contributed by atoms with Gasteiger partial charge in [-0.3, -0.25) is 0 Å². The molecule has 6 nitrogen and oxygen atoms in total. The van der Waals surface area contributed by atoms with Crippen LogP contribution in [0, 0.1) is 0 Å². The zero-order valence-corrected chi connectivity index (χ0v) is 7.57. The number of nitrogens with two attached hydrogens (primary N) is 1. The molecule has 72 valence electrons. The highest BCUT2D eigenvalue weighted by Crippen LogP contribution is 2.10. The number of hydrogen-bond acceptors (Lipinski definition) is 3. The van der Waals surface area contributed by atoms with Gasteiger partial charge in [0, 0.05) is 13.1 Å². The Labute approximate surface area is 75.7 Å². The van der Waals surface area contributed by atoms with Crippen LogP contribution in [0.4, 0.5) is 4.79 Å². The van der Waals surface area contributed by atoms with Crippen molar-refractivity contribution in [2.24, 2.45) is 12.8 Å². The fourth-order valence-corrected chi connectivity index (χ4v) is 0.962. The summed E-state index contributed by atoms with van der Waals surface area (Å²) in [5.41, 5.74) is 5.61. The Kier molecular flexibility index (Phi) is 2.73. The Morgan fingerprint density at radius 3 is 3.00 bits per heavy atom. The number of carbonyl (C=O) groups excluding carboxylic acids is 1. The van der Waals surface area contributed by atoms with Gasteiger partial charge < -0.3 is 15.8 Å². The van der Waals surface area contributed by atoms with Crippen LogP contribution in [0.1, 0.15) is 5.69 Å². The lowest BCUT2D eigenvalue weighted by Crippen LogP contribution is -2.28. The number of ether oxygens (including phenoxy) is 1. The maximum atomic E-state index is 10.4. The molecule has 3 N–H and O–H groups in total. The molecule has 1 heterocycles. The van der Waals surface area contributed by atoms with Crippen molar-refractivity contribution in [1.29, 1.82) is 0 Å². The largest absolute Gasteiger partial charge is 0.481 e. The van der Waals surface area contributed by atoms with Gasteiger partial charge in [0.1, 0.15) is 0 Å². The van der Waals surface area contributed by atoms with Gasteiger partial charge >= 0.3 is 6.03 Å². The molecule has 1 rings (SSSR count). The van der Waals surface area contributed by atoms with Gasteiger partial charge in [0.05, 0.1) is 19.3 Å². The summed E-state index contributed by atoms with van der Waals surface area (Å²) in [6.45, 7) is 0.312. The zero-order valence-electron chi connectivity index (χ0n) is 7.57. The Balaban J connectivity index is 2.62. The molecule has 6 heteroatoms. The predicted octanol–water partition coefficient (Wildman–Crippen LogP) is -0.403. The van der Waals surface area contributed by atoms with Crippen molar-refractivity contribution < 1.29 is 9.53 Å². The summed E-state index contributed by atoms with van der Waals surface area (Å²) in [5.74, 6) is 0.640. The molecule has 0 aliphatic carbocycles. The van der Waals surface area contributed by atoms with Crippen molar-refractivity contribution in [3.63, 3.8) is 0 Å². The second kappa shape index (κ2) is 3.79. The lowest BCUT2D eigenvalue weighted by atomic mass is 10.4. The molecule has 2 amide bonds. The highest BCUT2D eigenvalue weighted by atomic mass is 16.5. The van der Waals surface area contributed by atoms with E-state index >= 15 is 0 Å². The number of urea groups is 1. The summed E-state index contributed by atoms with van der Waals surface area (Å²) in [7, 11) is 3.31. The first-order chi connectivity index (χ1) is 6.13. The quantitative estimate of drug-likeness (QED) is 0.670. The van der Waals surface area contributed by atoms with Crippen LogP contribution >= 0.6 is 0 Å². The van der Waals surface area contributed by atoms with E-state index < -0.39 is 6.03 Å². The second-order valence-electron chi connectivity index (χ2n) is 2.52. The number of methoxy groups -OCH3 is 1. The maximum Gasteiger partial charge on any atom is 0.312 e. The monoisotopic (exact) mass is 184 g/mol. The minimum absolute atomic E-state index is 0.312. The van der Waals surface area contributed by atoms with E-state index in [-0.39, 0.29) is 0 Å². The number of aryl methyl sites for hydroxylation is 1. The average Bonchev–Trinajstić information content (AvgIpc) is 2.43. The molecule has 0 bridgehead atoms. The van der Waals surface area contributed by atoms with Gasteiger partial charge in [0.25, 0.3) is 0 Å². The third-order valence-electron chi connectivity index (χ3n) is 1.54. The fourth-order valence-electron chi connectivity index (χ4n) is 0.962. The van der Waals surface area contributed by atoms with Crippen LogP contribution < -0.4 is 15.8 Å². The first-order valence-electron chi connectivity index (χ1n) is 3.73. The van der Waals surface area contributed by atoms with E-state index in [9.17, 15) is 4.79 Å². The molecule has 0 saturated heterocycles. The van der Waals surface area contributed by atoms with Crippen molar-refractivity contribution in [3.8, 4) is 5.88 Å². The van der Waals surface area contributed by atoms with Gasteiger partial charge in [-0.25, -0.2) is 9.48 Å². The van der Waals surface area contributed by atoms with Crippen molar-refractivity contribution in [1.82, 2.24) is 15.1 Å². The molecule has 0 aliphatic heterocycles. The number of amides is 2. The van der Waals surface area contributed by atoms with E-state index in [4.69, 9.17) is 10.5 Å². The summed E-state index contributed by atoms with van der Waals surface area (Å²) in [5, 5.41) is 6.51. The lowest BCUT2D eigenvalue weighted by Gasteiger charge is -1.95. The van der Waals surface area contributed by atoms with E-state index in [1.165, 1.54) is 0 Å². The van der Waals surface area contributed by atoms with Gasteiger partial charge in [0.2, 0.25) is 5.88 Å². The second-order valence-corrected chi connectivity index (χ2v) is 2.52. The molecule has 1 aromatic rings. The van der Waals surface area contributed by atoms with Crippen LogP contribution in [0.2, 0.25) is 0 Å². The van der Waals surface area contributed by atoms with Gasteiger partial charge in [-0.2, -0.15) is 5.10 Å². The highest BCUT2D eigenvalue weighted by molar-refractivity contribution is 5.71. The van der Waals surface area contributed by atoms with Crippen molar-refractivity contribution in [3.05, 3.63) is 11.8 Å². The van der Waals surface area contributed by atoms with E-state index in [0.29, 0.717) is 18.1 Å². The number of carbonyl (C=O) groups is 1. The average molecular weight is 184 g/mol. The Bertz CT molecular complexity index is 307. The summed E-state index contributed by atoms with van der Waals surface area (Å²) >= 11 is 0. The van der Waals surface area contributed by atoms with E-state index in [0.717, 1.165) is 0 Å². The van der Waals surface area contributed by atoms with E-state index in [2.05, 4.69) is 10.4 Å². The standard InChI is InChI=1S/C7H12N4O2/c1-11-6(13-2)3-5(10-11)4-9-7(8)12/h3H,4H2,1-2H3,(H3,8,9,12). The van der Waals surface area contributed by atoms with Gasteiger partial charge in [-0.15, -0.1) is 0 Å². The molecular weight excluding hydrogens is 172 g/mol. The summed E-state index contributed by atoms with van der Waals surface area (Å²) in [6.07, 6.45) is 0. The summed E-state index contributed by atoms with van der Waals surface area (Å²) in [6, 6.07) is 1.17. The van der Waals surface area contributed by atoms with E-state index in [1.807, 2.05) is 0 Å². The van der Waals surface area contributed by atoms with Crippen LogP contribution in [-0.4, -0.2) is 22.9 Å². The van der Waals surface area contributed by atoms with Crippen LogP contribution in [0.3, 0.4) is 0 Å². The van der Waals surface area contributed by atoms with Crippen LogP contribution in [0.15, 0.2) is 6.07 Å². The normalized spacial score (nSPS) is 9.69. The van der Waals surface area contributed by atoms with Crippen molar-refractivity contribution in [2.75, 3.05) is 7.11 Å². The minimum atomic E-state index is -0.565. The third-order valence-corrected chi connectivity index (χ3v) is 1.54. The highest BCUT2D eigenvalue weighted by Gasteiger charge is 2.04. The van der Waals surface area contributed by atoms with Crippen molar-refractivity contribution >= 4 is 6.03 Å². The Morgan fingerprint density at radius 1 is 1.85 bits per heavy atom. The number of rotatable bonds is 3. The molecule has 0 spiro atoms. The lowest BCUT2D eigenvalue weighted by molar-refractivity contribution is 0.248. The van der Waals surface area contributed by atoms with Gasteiger partial charge in [-0.05, 0) is 0 Å². The Morgan fingerprint density at radius 2 is 2.54 bits per heavy atom. The third kappa shape index (κ3) is 2.36. The topological polar surface area (TPSA) is 82.2 Å². The molecule has 13 heavy (non-hydrogen) atoms. The summed E-state index contributed by atoms with van der Waals surface area (Å²) in [4.78, 5) is 10.4. The molecule has 0 atom stereocenters. The van der Waals surface area contributed by atoms with Crippen LogP contribution in [-0.2, 0) is 13.6 Å². The molecular formula is C7H12N4O2. The smallest absolute Gasteiger partial charge is 0.312 e. The van der Waals surface area contributed by atoms with Gasteiger partial charge in [0.15, 0.2) is 0 Å². The van der Waals surface area contributed by atoms with Crippen LogP contribution in [0.25, 0.3) is 0 Å². The maximum absolute atomic E-state index is 10.4. The minimum Gasteiger partial charge on any atom is -0.481 e. The van der Waals surface area contributed by atoms with Crippen LogP contribution in [0.5, 0.6) is 5.88 Å². The predicted molar refractivity (Wildman–Crippen MR) is 46.2 cm³/mol. The van der Waals surface area contributed by atoms with Crippen molar-refractivity contribution in [2.45, 2.75) is 6.54 Å². The molecule has 0 aromatic carbocycles. The molecule has 1 aromatic heterocycles. The number of nitrogens with one attached hydrogen (secondary N) is 1. The number of primary amides is 1. The molecule has 0 saturated carbocycles. The Hall–Kier alpha value is -1.72. The fraction of sp³-hybridized carbons (Fsp3) is 0.429. The number of hydrogen-bond donors (Lipinski definition) is 2. The first-order valence-corrected chi connectivity index (χ1v) is 3.73. The zero-order chi connectivity index (χ0) is 9.84. The SMILES string of the molecule is COc1cc(CNC(N)=O)nn1C. The molecule has 0 unspecified atom stereocenters. The number of nitrogens with zero attached hydrogens (tertiary/aromatic N) is 2. The van der Waals surface area contributed by atoms with E-state index in [1.54, 1.807) is 24.9 Å². The first kappa shape index (κ1) is 9.37. The molecule has 0 radical (unpaired) electrons. The summed E-state index contributed by atoms with van der Waals surface area (Å²) < 4.78 is 6.57. The molecule has 0 fully saturated rings.